The summed E-state index contributed by atoms with van der Waals surface area (Å²) in [6.45, 7) is 2.87. The summed E-state index contributed by atoms with van der Waals surface area (Å²) in [5.41, 5.74) is 0. The molecule has 0 N–H and O–H groups in total. The van der Waals surface area contributed by atoms with Crippen LogP contribution in [-0.2, 0) is 0 Å². The van der Waals surface area contributed by atoms with Gasteiger partial charge in [-0.15, -0.1) is 0 Å². The molecule has 0 aliphatic carbocycles. The van der Waals surface area contributed by atoms with Crippen molar-refractivity contribution in [2.24, 2.45) is 0 Å². The predicted octanol–water partition coefficient (Wildman–Crippen LogP) is 1.35. The highest BCUT2D eigenvalue weighted by atomic mass is 32.1. The van der Waals surface area contributed by atoms with E-state index in [2.05, 4.69) is 17.5 Å². The average molecular weight is 163 g/mol. The van der Waals surface area contributed by atoms with Gasteiger partial charge in [0.1, 0.15) is 0 Å². The fraction of sp³-hybridized carbons (Fsp3) is 1.00. The zero-order valence-corrected chi connectivity index (χ0v) is 6.99. The quantitative estimate of drug-likeness (QED) is 0.615. The Hall–Kier alpha value is 0.240. The molecule has 0 spiro atoms. The maximum atomic E-state index is 11.7. The molecular formula is C7H14FNS. The molecule has 0 bridgehead atoms. The first-order chi connectivity index (χ1) is 4.83. The lowest BCUT2D eigenvalue weighted by atomic mass is 10.4. The highest BCUT2D eigenvalue weighted by Crippen LogP contribution is 2.13. The molecule has 10 heavy (non-hydrogen) atoms. The molecule has 1 fully saturated rings. The van der Waals surface area contributed by atoms with Crippen molar-refractivity contribution in [1.29, 1.82) is 0 Å². The summed E-state index contributed by atoms with van der Waals surface area (Å²) in [4.78, 5) is 2.28. The van der Waals surface area contributed by atoms with Crippen molar-refractivity contribution < 1.29 is 4.39 Å². The van der Waals surface area contributed by atoms with E-state index >= 15 is 0 Å². The Bertz CT molecular complexity index is 99.6. The van der Waals surface area contributed by atoms with Gasteiger partial charge in [0.25, 0.3) is 0 Å². The maximum Gasteiger partial charge on any atom is 0.0906 e. The minimum absolute atomic E-state index is 0.187. The minimum Gasteiger partial charge on any atom is -0.302 e. The lowest BCUT2D eigenvalue weighted by Gasteiger charge is -2.12. The van der Waals surface area contributed by atoms with E-state index in [-0.39, 0.29) is 6.67 Å². The summed E-state index contributed by atoms with van der Waals surface area (Å²) in [7, 11) is 0. The average Bonchev–Trinajstić information content (AvgIpc) is 2.31. The number of halogens is 1. The molecule has 1 unspecified atom stereocenters. The van der Waals surface area contributed by atoms with Gasteiger partial charge < -0.3 is 4.90 Å². The van der Waals surface area contributed by atoms with E-state index in [0.717, 1.165) is 26.1 Å². The zero-order valence-electron chi connectivity index (χ0n) is 6.09. The molecule has 60 valence electrons. The van der Waals surface area contributed by atoms with Crippen LogP contribution in [0.2, 0.25) is 0 Å². The second-order valence-electron chi connectivity index (χ2n) is 2.79. The molecule has 0 aromatic heterocycles. The van der Waals surface area contributed by atoms with Gasteiger partial charge in [0.15, 0.2) is 0 Å². The van der Waals surface area contributed by atoms with Crippen LogP contribution in [0.25, 0.3) is 0 Å². The van der Waals surface area contributed by atoms with Gasteiger partial charge in [-0.25, -0.2) is 0 Å². The van der Waals surface area contributed by atoms with Crippen LogP contribution in [0.4, 0.5) is 4.39 Å². The topological polar surface area (TPSA) is 3.24 Å². The number of rotatable bonds is 3. The first-order valence-electron chi connectivity index (χ1n) is 3.79. The van der Waals surface area contributed by atoms with E-state index in [1.807, 2.05) is 0 Å². The van der Waals surface area contributed by atoms with E-state index in [4.69, 9.17) is 0 Å². The Kier molecular flexibility index (Phi) is 3.49. The molecule has 0 amide bonds. The van der Waals surface area contributed by atoms with Crippen LogP contribution < -0.4 is 0 Å². The fourth-order valence-electron chi connectivity index (χ4n) is 1.30. The summed E-state index contributed by atoms with van der Waals surface area (Å²) < 4.78 is 11.7. The van der Waals surface area contributed by atoms with E-state index in [9.17, 15) is 4.39 Å². The van der Waals surface area contributed by atoms with Crippen molar-refractivity contribution in [2.75, 3.05) is 26.3 Å². The second kappa shape index (κ2) is 4.19. The van der Waals surface area contributed by atoms with Gasteiger partial charge >= 0.3 is 0 Å². The van der Waals surface area contributed by atoms with Crippen LogP contribution in [0.15, 0.2) is 0 Å². The maximum absolute atomic E-state index is 11.7. The van der Waals surface area contributed by atoms with Gasteiger partial charge in [-0.1, -0.05) is 0 Å². The highest BCUT2D eigenvalue weighted by Gasteiger charge is 2.17. The molecule has 0 saturated carbocycles. The van der Waals surface area contributed by atoms with Crippen LogP contribution in [-0.4, -0.2) is 36.5 Å². The molecule has 1 nitrogen and oxygen atoms in total. The largest absolute Gasteiger partial charge is 0.302 e. The Labute approximate surface area is 67.0 Å². The minimum atomic E-state index is -0.187. The molecule has 0 radical (unpaired) electrons. The van der Waals surface area contributed by atoms with E-state index in [1.165, 1.54) is 0 Å². The SMILES string of the molecule is FCCCN1CCC(S)C1. The van der Waals surface area contributed by atoms with Crippen LogP contribution in [0.1, 0.15) is 12.8 Å². The zero-order chi connectivity index (χ0) is 7.40. The smallest absolute Gasteiger partial charge is 0.0906 e. The molecule has 1 aliphatic heterocycles. The van der Waals surface area contributed by atoms with Crippen LogP contribution in [0.5, 0.6) is 0 Å². The molecule has 1 atom stereocenters. The Morgan fingerprint density at radius 1 is 1.60 bits per heavy atom. The number of likely N-dealkylation sites (tertiary alicyclic amines) is 1. The fourth-order valence-corrected chi connectivity index (χ4v) is 1.65. The number of hydrogen-bond acceptors (Lipinski definition) is 2. The first-order valence-corrected chi connectivity index (χ1v) is 4.31. The lowest BCUT2D eigenvalue weighted by molar-refractivity contribution is 0.313. The molecule has 1 rings (SSSR count). The monoisotopic (exact) mass is 163 g/mol. The van der Waals surface area contributed by atoms with Crippen molar-refractivity contribution in [3.8, 4) is 0 Å². The summed E-state index contributed by atoms with van der Waals surface area (Å²) >= 11 is 4.34. The standard InChI is InChI=1S/C7H14FNS/c8-3-1-4-9-5-2-7(10)6-9/h7,10H,1-6H2. The third-order valence-electron chi connectivity index (χ3n) is 1.86. The third-order valence-corrected chi connectivity index (χ3v) is 2.28. The molecule has 1 saturated heterocycles. The number of thiol groups is 1. The summed E-state index contributed by atoms with van der Waals surface area (Å²) in [6.07, 6.45) is 1.84. The molecule has 0 aromatic rings. The van der Waals surface area contributed by atoms with Crippen molar-refractivity contribution in [3.05, 3.63) is 0 Å². The molecule has 1 aliphatic rings. The number of hydrogen-bond donors (Lipinski definition) is 1. The number of alkyl halides is 1. The van der Waals surface area contributed by atoms with Gasteiger partial charge in [-0.3, -0.25) is 4.39 Å². The molecule has 1 heterocycles. The molecule has 0 aromatic carbocycles. The molecule has 3 heteroatoms. The lowest BCUT2D eigenvalue weighted by Crippen LogP contribution is -2.22. The van der Waals surface area contributed by atoms with Crippen molar-refractivity contribution >= 4 is 12.6 Å². The van der Waals surface area contributed by atoms with Crippen molar-refractivity contribution in [1.82, 2.24) is 4.90 Å². The summed E-state index contributed by atoms with van der Waals surface area (Å²) in [6, 6.07) is 0. The van der Waals surface area contributed by atoms with E-state index in [0.29, 0.717) is 11.7 Å². The summed E-state index contributed by atoms with van der Waals surface area (Å²) in [5, 5.41) is 0.527. The van der Waals surface area contributed by atoms with Gasteiger partial charge in [0, 0.05) is 18.3 Å². The third kappa shape index (κ3) is 2.46. The molecular weight excluding hydrogens is 149 g/mol. The van der Waals surface area contributed by atoms with E-state index < -0.39 is 0 Å². The first kappa shape index (κ1) is 8.34. The van der Waals surface area contributed by atoms with Crippen LogP contribution >= 0.6 is 12.6 Å². The van der Waals surface area contributed by atoms with Crippen LogP contribution in [0, 0.1) is 0 Å². The number of nitrogens with zero attached hydrogens (tertiary/aromatic N) is 1. The summed E-state index contributed by atoms with van der Waals surface area (Å²) in [5.74, 6) is 0. The highest BCUT2D eigenvalue weighted by molar-refractivity contribution is 7.81. The normalized spacial score (nSPS) is 27.6. The van der Waals surface area contributed by atoms with Gasteiger partial charge in [-0.2, -0.15) is 12.6 Å². The van der Waals surface area contributed by atoms with E-state index in [1.54, 1.807) is 0 Å². The van der Waals surface area contributed by atoms with Crippen molar-refractivity contribution in [2.45, 2.75) is 18.1 Å². The van der Waals surface area contributed by atoms with Gasteiger partial charge in [-0.05, 0) is 19.4 Å². The van der Waals surface area contributed by atoms with Crippen molar-refractivity contribution in [3.63, 3.8) is 0 Å². The van der Waals surface area contributed by atoms with Crippen LogP contribution in [0.3, 0.4) is 0 Å². The Morgan fingerprint density at radius 3 is 2.90 bits per heavy atom. The Balaban J connectivity index is 2.06. The van der Waals surface area contributed by atoms with Gasteiger partial charge in [0.05, 0.1) is 6.67 Å². The van der Waals surface area contributed by atoms with Gasteiger partial charge in [0.2, 0.25) is 0 Å². The Morgan fingerprint density at radius 2 is 2.40 bits per heavy atom. The predicted molar refractivity (Wildman–Crippen MR) is 44.4 cm³/mol. The second-order valence-corrected chi connectivity index (χ2v) is 3.52.